The number of benzene rings is 2. The van der Waals surface area contributed by atoms with E-state index in [0.717, 1.165) is 5.57 Å². The van der Waals surface area contributed by atoms with Crippen LogP contribution in [-0.2, 0) is 26.2 Å². The first kappa shape index (κ1) is 28.2. The zero-order valence-electron chi connectivity index (χ0n) is 22.4. The molecule has 1 N–H and O–H groups in total. The summed E-state index contributed by atoms with van der Waals surface area (Å²) < 4.78 is 22.2. The molecule has 3 aromatic rings. The summed E-state index contributed by atoms with van der Waals surface area (Å²) >= 11 is 0. The second-order valence-electron chi connectivity index (χ2n) is 9.65. The molecule has 2 aromatic carbocycles. The Morgan fingerprint density at radius 3 is 2.08 bits per heavy atom. The van der Waals surface area contributed by atoms with Gasteiger partial charge in [0.05, 0.1) is 5.39 Å². The molecule has 200 valence electrons. The summed E-state index contributed by atoms with van der Waals surface area (Å²) in [5, 5.41) is 11.1. The van der Waals surface area contributed by atoms with E-state index >= 15 is 0 Å². The number of carbonyl (C=O) groups excluding carboxylic acids is 3. The molecule has 0 unspecified atom stereocenters. The van der Waals surface area contributed by atoms with Crippen molar-refractivity contribution in [3.8, 4) is 23.0 Å². The van der Waals surface area contributed by atoms with Crippen molar-refractivity contribution in [2.45, 2.75) is 60.3 Å². The predicted molar refractivity (Wildman–Crippen MR) is 142 cm³/mol. The van der Waals surface area contributed by atoms with Crippen molar-refractivity contribution in [3.05, 3.63) is 57.8 Å². The number of hydrogen-bond donors (Lipinski definition) is 1. The fourth-order valence-electron chi connectivity index (χ4n) is 4.07. The van der Waals surface area contributed by atoms with Gasteiger partial charge < -0.3 is 23.7 Å². The summed E-state index contributed by atoms with van der Waals surface area (Å²) in [4.78, 5) is 49.5. The van der Waals surface area contributed by atoms with E-state index in [1.807, 2.05) is 19.9 Å². The van der Waals surface area contributed by atoms with Gasteiger partial charge in [-0.25, -0.2) is 0 Å². The monoisotopic (exact) mass is 522 g/mol. The standard InChI is InChI=1S/C29H30O9/c1-9-29(7,8)24-21(35-15(4)30)13-20-23(26(24)34)25(33)19-12-22(36-16(5)31)28(37-17(6)32)18(27(19)38-20)11-10-14(2)3/h9-10,12-13,34H,1,11H2,2-8H3. The Morgan fingerprint density at radius 2 is 1.55 bits per heavy atom. The third-order valence-electron chi connectivity index (χ3n) is 5.83. The molecule has 1 heterocycles. The quantitative estimate of drug-likeness (QED) is 0.188. The molecule has 9 nitrogen and oxygen atoms in total. The fourth-order valence-corrected chi connectivity index (χ4v) is 4.07. The van der Waals surface area contributed by atoms with Gasteiger partial charge in [-0.15, -0.1) is 6.58 Å². The van der Waals surface area contributed by atoms with Crippen LogP contribution in [0.25, 0.3) is 21.9 Å². The van der Waals surface area contributed by atoms with Gasteiger partial charge in [0.25, 0.3) is 0 Å². The highest BCUT2D eigenvalue weighted by atomic mass is 16.6. The molecule has 0 radical (unpaired) electrons. The molecule has 0 bridgehead atoms. The van der Waals surface area contributed by atoms with Crippen LogP contribution in [0, 0.1) is 0 Å². The number of fused-ring (bicyclic) bond motifs is 2. The molecule has 3 rings (SSSR count). The van der Waals surface area contributed by atoms with Crippen molar-refractivity contribution in [2.24, 2.45) is 0 Å². The lowest BCUT2D eigenvalue weighted by Gasteiger charge is -2.25. The third-order valence-corrected chi connectivity index (χ3v) is 5.83. The number of allylic oxidation sites excluding steroid dienone is 3. The Bertz CT molecular complexity index is 1580. The van der Waals surface area contributed by atoms with E-state index in [0.29, 0.717) is 0 Å². The maximum absolute atomic E-state index is 13.9. The molecule has 0 saturated carbocycles. The van der Waals surface area contributed by atoms with Crippen molar-refractivity contribution >= 4 is 39.8 Å². The average molecular weight is 523 g/mol. The first-order valence-corrected chi connectivity index (χ1v) is 11.8. The van der Waals surface area contributed by atoms with Crippen LogP contribution in [0.5, 0.6) is 23.0 Å². The first-order chi connectivity index (χ1) is 17.7. The number of esters is 3. The van der Waals surface area contributed by atoms with Crippen LogP contribution in [0.1, 0.15) is 59.6 Å². The van der Waals surface area contributed by atoms with Gasteiger partial charge in [-0.05, 0) is 26.3 Å². The Kier molecular flexibility index (Phi) is 7.81. The fraction of sp³-hybridized carbons (Fsp3) is 0.310. The Labute approximate surface area is 219 Å². The van der Waals surface area contributed by atoms with Crippen LogP contribution < -0.4 is 19.6 Å². The maximum atomic E-state index is 13.9. The number of rotatable bonds is 7. The molecule has 38 heavy (non-hydrogen) atoms. The molecular formula is C29H30O9. The van der Waals surface area contributed by atoms with Crippen molar-refractivity contribution in [2.75, 3.05) is 0 Å². The summed E-state index contributed by atoms with van der Waals surface area (Å²) in [5.74, 6) is -2.67. The second kappa shape index (κ2) is 10.5. The number of hydrogen-bond acceptors (Lipinski definition) is 9. The van der Waals surface area contributed by atoms with E-state index < -0.39 is 34.5 Å². The number of carbonyl (C=O) groups is 3. The second-order valence-corrected chi connectivity index (χ2v) is 9.65. The molecule has 9 heteroatoms. The van der Waals surface area contributed by atoms with Gasteiger partial charge in [-0.3, -0.25) is 19.2 Å². The van der Waals surface area contributed by atoms with Gasteiger partial charge >= 0.3 is 17.9 Å². The van der Waals surface area contributed by atoms with Gasteiger partial charge in [0.15, 0.2) is 11.5 Å². The lowest BCUT2D eigenvalue weighted by atomic mass is 9.82. The molecule has 0 amide bonds. The molecule has 0 fully saturated rings. The van der Waals surface area contributed by atoms with E-state index in [-0.39, 0.29) is 56.7 Å². The van der Waals surface area contributed by atoms with Gasteiger partial charge in [-0.2, -0.15) is 0 Å². The van der Waals surface area contributed by atoms with E-state index in [9.17, 15) is 24.3 Å². The highest BCUT2D eigenvalue weighted by Gasteiger charge is 2.31. The molecule has 0 atom stereocenters. The molecule has 0 aliphatic carbocycles. The lowest BCUT2D eigenvalue weighted by Crippen LogP contribution is -2.18. The van der Waals surface area contributed by atoms with Crippen molar-refractivity contribution in [1.82, 2.24) is 0 Å². The summed E-state index contributed by atoms with van der Waals surface area (Å²) in [7, 11) is 0. The van der Waals surface area contributed by atoms with Crippen molar-refractivity contribution in [1.29, 1.82) is 0 Å². The molecule has 0 aliphatic rings. The topological polar surface area (TPSA) is 129 Å². The van der Waals surface area contributed by atoms with E-state index in [1.165, 1.54) is 32.9 Å². The van der Waals surface area contributed by atoms with E-state index in [2.05, 4.69) is 6.58 Å². The minimum atomic E-state index is -0.902. The van der Waals surface area contributed by atoms with Gasteiger partial charge in [0.2, 0.25) is 5.43 Å². The third kappa shape index (κ3) is 5.46. The zero-order valence-corrected chi connectivity index (χ0v) is 22.4. The van der Waals surface area contributed by atoms with Gasteiger partial charge in [-0.1, -0.05) is 31.6 Å². The molecule has 0 aliphatic heterocycles. The summed E-state index contributed by atoms with van der Waals surface area (Å²) in [6, 6.07) is 2.60. The van der Waals surface area contributed by atoms with Crippen LogP contribution in [0.2, 0.25) is 0 Å². The number of aromatic hydroxyl groups is 1. The predicted octanol–water partition coefficient (Wildman–Crippen LogP) is 5.40. The molecule has 0 spiro atoms. The molecule has 1 aromatic heterocycles. The van der Waals surface area contributed by atoms with Gasteiger partial charge in [0, 0.05) is 43.4 Å². The number of phenols is 1. The molecular weight excluding hydrogens is 492 g/mol. The van der Waals surface area contributed by atoms with Crippen LogP contribution >= 0.6 is 0 Å². The Balaban J connectivity index is 2.60. The highest BCUT2D eigenvalue weighted by molar-refractivity contribution is 5.98. The minimum absolute atomic E-state index is 0.00232. The summed E-state index contributed by atoms with van der Waals surface area (Å²) in [6.07, 6.45) is 3.53. The molecule has 0 saturated heterocycles. The zero-order chi connectivity index (χ0) is 28.5. The minimum Gasteiger partial charge on any atom is -0.507 e. The maximum Gasteiger partial charge on any atom is 0.308 e. The first-order valence-electron chi connectivity index (χ1n) is 11.8. The lowest BCUT2D eigenvalue weighted by molar-refractivity contribution is -0.134. The van der Waals surface area contributed by atoms with Crippen LogP contribution in [0.4, 0.5) is 0 Å². The van der Waals surface area contributed by atoms with Crippen LogP contribution in [-0.4, -0.2) is 23.0 Å². The average Bonchev–Trinajstić information content (AvgIpc) is 2.77. The van der Waals surface area contributed by atoms with E-state index in [1.54, 1.807) is 19.9 Å². The van der Waals surface area contributed by atoms with Crippen molar-refractivity contribution in [3.63, 3.8) is 0 Å². The summed E-state index contributed by atoms with van der Waals surface area (Å²) in [5.41, 5.74) is -0.166. The van der Waals surface area contributed by atoms with E-state index in [4.69, 9.17) is 18.6 Å². The normalized spacial score (nSPS) is 11.2. The Hall–Kier alpha value is -4.40. The van der Waals surface area contributed by atoms with Crippen LogP contribution in [0.15, 0.2) is 45.6 Å². The van der Waals surface area contributed by atoms with Crippen LogP contribution in [0.3, 0.4) is 0 Å². The smallest absolute Gasteiger partial charge is 0.308 e. The largest absolute Gasteiger partial charge is 0.507 e. The summed E-state index contributed by atoms with van der Waals surface area (Å²) in [6.45, 7) is 14.6. The highest BCUT2D eigenvalue weighted by Crippen LogP contribution is 2.45. The number of phenolic OH excluding ortho intramolecular Hbond substituents is 1. The SMILES string of the molecule is C=CC(C)(C)c1c(OC(C)=O)cc2oc3c(CC=C(C)C)c(OC(C)=O)c(OC(C)=O)cc3c(=O)c2c1O. The van der Waals surface area contributed by atoms with Crippen molar-refractivity contribution < 1.29 is 38.1 Å². The Morgan fingerprint density at radius 1 is 0.974 bits per heavy atom. The van der Waals surface area contributed by atoms with Gasteiger partial charge in [0.1, 0.15) is 28.1 Å². The number of ether oxygens (including phenoxy) is 3.